The first-order valence-corrected chi connectivity index (χ1v) is 7.06. The Morgan fingerprint density at radius 2 is 2.42 bits per heavy atom. The van der Waals surface area contributed by atoms with Crippen molar-refractivity contribution >= 4 is 22.4 Å². The molecule has 1 unspecified atom stereocenters. The van der Waals surface area contributed by atoms with Gasteiger partial charge in [0.2, 0.25) is 5.91 Å². The fourth-order valence-corrected chi connectivity index (χ4v) is 2.54. The summed E-state index contributed by atoms with van der Waals surface area (Å²) in [6.07, 6.45) is -0.521. The van der Waals surface area contributed by atoms with Crippen LogP contribution in [0.2, 0.25) is 0 Å². The molecule has 1 heterocycles. The SMILES string of the molecule is CCN(C(C)=O)c1nc(CNCC(O)COC)cs1. The van der Waals surface area contributed by atoms with Gasteiger partial charge in [-0.2, -0.15) is 0 Å². The van der Waals surface area contributed by atoms with Crippen LogP contribution in [-0.4, -0.2) is 48.9 Å². The van der Waals surface area contributed by atoms with E-state index >= 15 is 0 Å². The predicted molar refractivity (Wildman–Crippen MR) is 75.4 cm³/mol. The third kappa shape index (κ3) is 5.23. The number of nitrogens with zero attached hydrogens (tertiary/aromatic N) is 2. The Morgan fingerprint density at radius 3 is 3.00 bits per heavy atom. The van der Waals surface area contributed by atoms with Crippen LogP contribution >= 0.6 is 11.3 Å². The van der Waals surface area contributed by atoms with Gasteiger partial charge in [-0.15, -0.1) is 11.3 Å². The molecule has 1 aromatic rings. The molecular formula is C12H21N3O3S. The summed E-state index contributed by atoms with van der Waals surface area (Å²) in [5, 5.41) is 15.2. The van der Waals surface area contributed by atoms with E-state index in [2.05, 4.69) is 10.3 Å². The van der Waals surface area contributed by atoms with Crippen LogP contribution in [0.25, 0.3) is 0 Å². The zero-order chi connectivity index (χ0) is 14.3. The standard InChI is InChI=1S/C12H21N3O3S/c1-4-15(9(2)16)12-14-10(8-19-12)5-13-6-11(17)7-18-3/h8,11,13,17H,4-7H2,1-3H3. The normalized spacial score (nSPS) is 12.4. The van der Waals surface area contributed by atoms with Gasteiger partial charge in [0.1, 0.15) is 0 Å². The predicted octanol–water partition coefficient (Wildman–Crippen LogP) is 0.613. The van der Waals surface area contributed by atoms with Gasteiger partial charge < -0.3 is 15.2 Å². The number of carbonyl (C=O) groups excluding carboxylic acids is 1. The van der Waals surface area contributed by atoms with Crippen molar-refractivity contribution < 1.29 is 14.6 Å². The number of hydrogen-bond acceptors (Lipinski definition) is 6. The number of methoxy groups -OCH3 is 1. The summed E-state index contributed by atoms with van der Waals surface area (Å²) in [6, 6.07) is 0. The molecule has 0 aliphatic heterocycles. The summed E-state index contributed by atoms with van der Waals surface area (Å²) in [5.41, 5.74) is 0.865. The first-order chi connectivity index (χ1) is 9.08. The molecule has 0 bridgehead atoms. The maximum Gasteiger partial charge on any atom is 0.225 e. The van der Waals surface area contributed by atoms with E-state index in [0.717, 1.165) is 5.69 Å². The number of aromatic nitrogens is 1. The first kappa shape index (κ1) is 16.0. The number of aliphatic hydroxyl groups is 1. The number of aliphatic hydroxyl groups excluding tert-OH is 1. The minimum atomic E-state index is -0.521. The molecule has 7 heteroatoms. The molecule has 0 fully saturated rings. The van der Waals surface area contributed by atoms with Crippen LogP contribution in [0.4, 0.5) is 5.13 Å². The molecule has 6 nitrogen and oxygen atoms in total. The highest BCUT2D eigenvalue weighted by Crippen LogP contribution is 2.20. The third-order valence-electron chi connectivity index (χ3n) is 2.51. The average Bonchev–Trinajstić information content (AvgIpc) is 2.78. The number of hydrogen-bond donors (Lipinski definition) is 2. The monoisotopic (exact) mass is 287 g/mol. The fourth-order valence-electron chi connectivity index (χ4n) is 1.61. The van der Waals surface area contributed by atoms with E-state index in [1.165, 1.54) is 18.3 Å². The summed E-state index contributed by atoms with van der Waals surface area (Å²) in [4.78, 5) is 17.4. The Hall–Kier alpha value is -1.02. The molecule has 0 saturated carbocycles. The van der Waals surface area contributed by atoms with Gasteiger partial charge in [0.25, 0.3) is 0 Å². The van der Waals surface area contributed by atoms with Crippen molar-refractivity contribution in [2.45, 2.75) is 26.5 Å². The van der Waals surface area contributed by atoms with Gasteiger partial charge in [0.15, 0.2) is 5.13 Å². The van der Waals surface area contributed by atoms with Crippen molar-refractivity contribution in [2.24, 2.45) is 0 Å². The quantitative estimate of drug-likeness (QED) is 0.733. The Morgan fingerprint density at radius 1 is 1.68 bits per heavy atom. The molecule has 0 spiro atoms. The molecule has 0 radical (unpaired) electrons. The summed E-state index contributed by atoms with van der Waals surface area (Å²) in [7, 11) is 1.55. The molecule has 108 valence electrons. The van der Waals surface area contributed by atoms with E-state index in [0.29, 0.717) is 31.4 Å². The molecule has 1 aromatic heterocycles. The van der Waals surface area contributed by atoms with E-state index < -0.39 is 6.10 Å². The Balaban J connectivity index is 2.44. The lowest BCUT2D eigenvalue weighted by Gasteiger charge is -2.14. The molecule has 0 saturated heterocycles. The smallest absolute Gasteiger partial charge is 0.225 e. The van der Waals surface area contributed by atoms with E-state index in [-0.39, 0.29) is 5.91 Å². The molecule has 0 aliphatic carbocycles. The molecular weight excluding hydrogens is 266 g/mol. The largest absolute Gasteiger partial charge is 0.389 e. The van der Waals surface area contributed by atoms with Crippen LogP contribution in [0.3, 0.4) is 0 Å². The van der Waals surface area contributed by atoms with E-state index in [4.69, 9.17) is 4.74 Å². The van der Waals surface area contributed by atoms with Gasteiger partial charge in [-0.1, -0.05) is 0 Å². The minimum absolute atomic E-state index is 0.00752. The number of carbonyl (C=O) groups is 1. The molecule has 1 rings (SSSR count). The molecule has 0 aromatic carbocycles. The lowest BCUT2D eigenvalue weighted by Crippen LogP contribution is -2.30. The van der Waals surface area contributed by atoms with E-state index in [1.54, 1.807) is 12.0 Å². The molecule has 19 heavy (non-hydrogen) atoms. The van der Waals surface area contributed by atoms with Crippen molar-refractivity contribution in [3.05, 3.63) is 11.1 Å². The number of rotatable bonds is 8. The van der Waals surface area contributed by atoms with E-state index in [1.807, 2.05) is 12.3 Å². The highest BCUT2D eigenvalue weighted by Gasteiger charge is 2.13. The first-order valence-electron chi connectivity index (χ1n) is 6.18. The summed E-state index contributed by atoms with van der Waals surface area (Å²) < 4.78 is 4.84. The van der Waals surface area contributed by atoms with E-state index in [9.17, 15) is 9.90 Å². The highest BCUT2D eigenvalue weighted by atomic mass is 32.1. The summed E-state index contributed by atoms with van der Waals surface area (Å²) >= 11 is 1.45. The van der Waals surface area contributed by atoms with Crippen LogP contribution in [0, 0.1) is 0 Å². The van der Waals surface area contributed by atoms with Gasteiger partial charge >= 0.3 is 0 Å². The topological polar surface area (TPSA) is 74.7 Å². The van der Waals surface area contributed by atoms with Gasteiger partial charge in [0.05, 0.1) is 18.4 Å². The van der Waals surface area contributed by atoms with Crippen molar-refractivity contribution in [2.75, 3.05) is 31.7 Å². The van der Waals surface area contributed by atoms with Crippen molar-refractivity contribution in [3.8, 4) is 0 Å². The van der Waals surface area contributed by atoms with Crippen molar-refractivity contribution in [1.82, 2.24) is 10.3 Å². The van der Waals surface area contributed by atoms with Crippen molar-refractivity contribution in [1.29, 1.82) is 0 Å². The molecule has 2 N–H and O–H groups in total. The third-order valence-corrected chi connectivity index (χ3v) is 3.42. The number of ether oxygens (including phenoxy) is 1. The Labute approximate surface area is 117 Å². The number of amides is 1. The summed E-state index contributed by atoms with van der Waals surface area (Å²) in [6.45, 7) is 5.38. The van der Waals surface area contributed by atoms with Crippen LogP contribution in [0.5, 0.6) is 0 Å². The Kier molecular flexibility index (Phi) is 6.93. The second-order valence-corrected chi connectivity index (χ2v) is 4.96. The minimum Gasteiger partial charge on any atom is -0.389 e. The maximum atomic E-state index is 11.4. The second kappa shape index (κ2) is 8.21. The molecule has 0 aliphatic rings. The number of thiazole rings is 1. The van der Waals surface area contributed by atoms with Gasteiger partial charge in [-0.05, 0) is 6.92 Å². The number of anilines is 1. The van der Waals surface area contributed by atoms with Crippen LogP contribution < -0.4 is 10.2 Å². The van der Waals surface area contributed by atoms with Crippen LogP contribution in [0.15, 0.2) is 5.38 Å². The van der Waals surface area contributed by atoms with Crippen LogP contribution in [0.1, 0.15) is 19.5 Å². The fraction of sp³-hybridized carbons (Fsp3) is 0.667. The maximum absolute atomic E-state index is 11.4. The van der Waals surface area contributed by atoms with Gasteiger partial charge in [-0.3, -0.25) is 9.69 Å². The Bertz CT molecular complexity index is 397. The average molecular weight is 287 g/mol. The lowest BCUT2D eigenvalue weighted by atomic mass is 10.3. The van der Waals surface area contributed by atoms with Crippen molar-refractivity contribution in [3.63, 3.8) is 0 Å². The zero-order valence-electron chi connectivity index (χ0n) is 11.5. The van der Waals surface area contributed by atoms with Crippen LogP contribution in [-0.2, 0) is 16.1 Å². The highest BCUT2D eigenvalue weighted by molar-refractivity contribution is 7.14. The molecule has 1 atom stereocenters. The summed E-state index contributed by atoms with van der Waals surface area (Å²) in [5.74, 6) is -0.00752. The molecule has 1 amide bonds. The second-order valence-electron chi connectivity index (χ2n) is 4.12. The zero-order valence-corrected chi connectivity index (χ0v) is 12.4. The lowest BCUT2D eigenvalue weighted by molar-refractivity contribution is -0.116. The van der Waals surface area contributed by atoms with Gasteiger partial charge in [0, 0.05) is 39.0 Å². The van der Waals surface area contributed by atoms with Gasteiger partial charge in [-0.25, -0.2) is 4.98 Å². The number of nitrogens with one attached hydrogen (secondary N) is 1.